The molecule has 14 heavy (non-hydrogen) atoms. The number of rotatable bonds is 2. The normalized spacial score (nSPS) is 9.64. The molecule has 0 aromatic heterocycles. The quantitative estimate of drug-likeness (QED) is 0.473. The van der Waals surface area contributed by atoms with Crippen LogP contribution in [-0.4, -0.2) is 9.55 Å². The summed E-state index contributed by atoms with van der Waals surface area (Å²) in [5.74, 6) is 0. The molecular weight excluding hydrogens is 295 g/mol. The molecule has 0 saturated heterocycles. The molecule has 0 saturated carbocycles. The number of nitro groups is 1. The molecule has 1 aromatic rings. The van der Waals surface area contributed by atoms with Crippen LogP contribution in [0.4, 0.5) is 11.4 Å². The molecule has 1 rings (SSSR count). The highest BCUT2D eigenvalue weighted by Gasteiger charge is 2.08. The van der Waals surface area contributed by atoms with Crippen LogP contribution in [0.5, 0.6) is 0 Å². The Kier molecular flexibility index (Phi) is 3.86. The van der Waals surface area contributed by atoms with Gasteiger partial charge in [-0.15, -0.1) is 0 Å². The Labute approximate surface area is 97.8 Å². The van der Waals surface area contributed by atoms with Crippen LogP contribution in [0.15, 0.2) is 27.7 Å². The maximum atomic E-state index is 10.4. The van der Waals surface area contributed by atoms with E-state index in [9.17, 15) is 10.1 Å². The van der Waals surface area contributed by atoms with E-state index in [-0.39, 0.29) is 10.3 Å². The molecule has 0 aliphatic carbocycles. The van der Waals surface area contributed by atoms with Crippen LogP contribution in [0.1, 0.15) is 0 Å². The second-order valence-electron chi connectivity index (χ2n) is 2.25. The maximum Gasteiger partial charge on any atom is 0.271 e. The number of benzene rings is 1. The van der Waals surface area contributed by atoms with Gasteiger partial charge in [-0.3, -0.25) is 10.1 Å². The minimum atomic E-state index is -0.520. The number of halogens is 3. The first-order chi connectivity index (χ1) is 6.50. The lowest BCUT2D eigenvalue weighted by Gasteiger charge is -1.97. The molecule has 0 fully saturated rings. The topological polar surface area (TPSA) is 55.5 Å². The minimum absolute atomic E-state index is 0.0680. The Bertz CT molecular complexity index is 405. The van der Waals surface area contributed by atoms with E-state index in [1.54, 1.807) is 0 Å². The third-order valence-electron chi connectivity index (χ3n) is 1.35. The Morgan fingerprint density at radius 2 is 2.14 bits per heavy atom. The number of nitro benzene ring substituents is 1. The van der Waals surface area contributed by atoms with E-state index in [1.807, 2.05) is 0 Å². The zero-order valence-corrected chi connectivity index (χ0v) is 9.67. The molecule has 0 radical (unpaired) electrons. The summed E-state index contributed by atoms with van der Waals surface area (Å²) >= 11 is 13.8. The summed E-state index contributed by atoms with van der Waals surface area (Å²) in [6.07, 6.45) is 0. The van der Waals surface area contributed by atoms with E-state index < -0.39 is 4.92 Å². The highest BCUT2D eigenvalue weighted by molar-refractivity contribution is 9.10. The van der Waals surface area contributed by atoms with Gasteiger partial charge in [-0.25, -0.2) is 4.99 Å². The first-order valence-electron chi connectivity index (χ1n) is 3.34. The molecule has 0 spiro atoms. The molecule has 0 amide bonds. The molecular formula is C7H3BrCl2N2O2. The lowest BCUT2D eigenvalue weighted by atomic mass is 10.3. The van der Waals surface area contributed by atoms with Crippen LogP contribution < -0.4 is 0 Å². The fraction of sp³-hybridized carbons (Fsp3) is 0. The van der Waals surface area contributed by atoms with Crippen molar-refractivity contribution in [2.75, 3.05) is 0 Å². The van der Waals surface area contributed by atoms with Crippen LogP contribution >= 0.6 is 39.1 Å². The monoisotopic (exact) mass is 296 g/mol. The number of aliphatic imine (C=N–C) groups is 1. The Balaban J connectivity index is 3.22. The van der Waals surface area contributed by atoms with Crippen molar-refractivity contribution in [3.05, 3.63) is 32.8 Å². The van der Waals surface area contributed by atoms with E-state index in [1.165, 1.54) is 18.2 Å². The van der Waals surface area contributed by atoms with Crippen LogP contribution in [0.2, 0.25) is 0 Å². The molecule has 0 aliphatic rings. The third-order valence-corrected chi connectivity index (χ3v) is 2.19. The number of non-ortho nitro benzene ring substituents is 1. The number of hydrogen-bond donors (Lipinski definition) is 0. The molecule has 0 bridgehead atoms. The summed E-state index contributed by atoms with van der Waals surface area (Å²) in [6.45, 7) is 0. The summed E-state index contributed by atoms with van der Waals surface area (Å²) in [6, 6.07) is 4.13. The first-order valence-corrected chi connectivity index (χ1v) is 4.89. The van der Waals surface area contributed by atoms with E-state index in [0.717, 1.165) is 0 Å². The summed E-state index contributed by atoms with van der Waals surface area (Å²) in [5, 5.41) is 10.4. The van der Waals surface area contributed by atoms with E-state index in [2.05, 4.69) is 20.9 Å². The third kappa shape index (κ3) is 2.94. The van der Waals surface area contributed by atoms with E-state index in [4.69, 9.17) is 23.2 Å². The van der Waals surface area contributed by atoms with Crippen molar-refractivity contribution in [1.82, 2.24) is 0 Å². The smallest absolute Gasteiger partial charge is 0.258 e. The summed E-state index contributed by atoms with van der Waals surface area (Å²) < 4.78 is 0.382. The number of hydrogen-bond acceptors (Lipinski definition) is 3. The van der Waals surface area contributed by atoms with Crippen LogP contribution in [0, 0.1) is 10.1 Å². The van der Waals surface area contributed by atoms with Crippen molar-refractivity contribution in [3.8, 4) is 0 Å². The van der Waals surface area contributed by atoms with Gasteiger partial charge in [-0.2, -0.15) is 0 Å². The van der Waals surface area contributed by atoms with Crippen molar-refractivity contribution < 1.29 is 4.92 Å². The Morgan fingerprint density at radius 1 is 1.50 bits per heavy atom. The molecule has 4 nitrogen and oxygen atoms in total. The predicted molar refractivity (Wildman–Crippen MR) is 59.6 cm³/mol. The van der Waals surface area contributed by atoms with Crippen LogP contribution in [-0.2, 0) is 0 Å². The van der Waals surface area contributed by atoms with Gasteiger partial charge in [0.25, 0.3) is 5.69 Å². The van der Waals surface area contributed by atoms with Crippen molar-refractivity contribution in [3.63, 3.8) is 0 Å². The standard InChI is InChI=1S/C7H3BrCl2N2O2/c8-5-2-1-4(12(13)14)3-6(5)11-7(9)10/h1-3H. The molecule has 0 atom stereocenters. The van der Waals surface area contributed by atoms with Crippen molar-refractivity contribution >= 4 is 55.1 Å². The molecule has 74 valence electrons. The molecule has 0 heterocycles. The highest BCUT2D eigenvalue weighted by Crippen LogP contribution is 2.30. The lowest BCUT2D eigenvalue weighted by Crippen LogP contribution is -1.87. The van der Waals surface area contributed by atoms with Crippen molar-refractivity contribution in [1.29, 1.82) is 0 Å². The fourth-order valence-corrected chi connectivity index (χ4v) is 1.31. The predicted octanol–water partition coefficient (Wildman–Crippen LogP) is 3.82. The van der Waals surface area contributed by atoms with Gasteiger partial charge in [0, 0.05) is 16.6 Å². The minimum Gasteiger partial charge on any atom is -0.258 e. The van der Waals surface area contributed by atoms with Crippen LogP contribution in [0.3, 0.4) is 0 Å². The summed E-state index contributed by atoms with van der Waals surface area (Å²) in [7, 11) is 0. The summed E-state index contributed by atoms with van der Waals surface area (Å²) in [5.41, 5.74) is 0.251. The second kappa shape index (κ2) is 4.72. The van der Waals surface area contributed by atoms with Gasteiger partial charge >= 0.3 is 0 Å². The van der Waals surface area contributed by atoms with E-state index in [0.29, 0.717) is 10.2 Å². The van der Waals surface area contributed by atoms with Gasteiger partial charge in [0.1, 0.15) is 0 Å². The molecule has 0 unspecified atom stereocenters. The SMILES string of the molecule is O=[N+]([O-])c1ccc(Br)c(N=C(Cl)Cl)c1. The largest absolute Gasteiger partial charge is 0.271 e. The zero-order valence-electron chi connectivity index (χ0n) is 6.58. The van der Waals surface area contributed by atoms with Crippen molar-refractivity contribution in [2.45, 2.75) is 0 Å². The summed E-state index contributed by atoms with van der Waals surface area (Å²) in [4.78, 5) is 13.6. The molecule has 1 aromatic carbocycles. The van der Waals surface area contributed by atoms with Gasteiger partial charge in [0.15, 0.2) is 4.63 Å². The van der Waals surface area contributed by atoms with Gasteiger partial charge in [0.05, 0.1) is 10.6 Å². The first kappa shape index (κ1) is 11.4. The lowest BCUT2D eigenvalue weighted by molar-refractivity contribution is -0.384. The fourth-order valence-electron chi connectivity index (χ4n) is 0.791. The number of nitrogens with zero attached hydrogens (tertiary/aromatic N) is 2. The molecule has 0 N–H and O–H groups in total. The average Bonchev–Trinajstić information content (AvgIpc) is 2.07. The maximum absolute atomic E-state index is 10.4. The van der Waals surface area contributed by atoms with E-state index >= 15 is 0 Å². The Hall–Kier alpha value is -0.650. The molecule has 7 heteroatoms. The van der Waals surface area contributed by atoms with Crippen LogP contribution in [0.25, 0.3) is 0 Å². The zero-order chi connectivity index (χ0) is 10.7. The Morgan fingerprint density at radius 3 is 2.64 bits per heavy atom. The average molecular weight is 298 g/mol. The van der Waals surface area contributed by atoms with Gasteiger partial charge in [-0.1, -0.05) is 0 Å². The van der Waals surface area contributed by atoms with Gasteiger partial charge < -0.3 is 0 Å². The highest BCUT2D eigenvalue weighted by atomic mass is 79.9. The second-order valence-corrected chi connectivity index (χ2v) is 4.01. The van der Waals surface area contributed by atoms with Crippen molar-refractivity contribution in [2.24, 2.45) is 4.99 Å². The van der Waals surface area contributed by atoms with Gasteiger partial charge in [0.2, 0.25) is 0 Å². The molecule has 0 aliphatic heterocycles. The van der Waals surface area contributed by atoms with Gasteiger partial charge in [-0.05, 0) is 45.2 Å².